The molecule has 0 heterocycles. The van der Waals surface area contributed by atoms with Gasteiger partial charge in [0.1, 0.15) is 0 Å². The third-order valence-electron chi connectivity index (χ3n) is 3.49. The minimum Gasteiger partial charge on any atom is -0.312 e. The summed E-state index contributed by atoms with van der Waals surface area (Å²) in [4.78, 5) is 0. The molecular formula is C17H19Cl2N. The zero-order valence-electron chi connectivity index (χ0n) is 11.8. The van der Waals surface area contributed by atoms with E-state index in [2.05, 4.69) is 43.4 Å². The molecule has 0 fully saturated rings. The summed E-state index contributed by atoms with van der Waals surface area (Å²) in [7, 11) is 0. The van der Waals surface area contributed by atoms with Gasteiger partial charge in [0, 0.05) is 34.1 Å². The first-order valence-electron chi connectivity index (χ1n) is 6.70. The standard InChI is InChI=1S/C17H19Cl2N/c1-17(2,13-7-4-3-5-8-13)12-20-11-14-15(18)9-6-10-16(14)19/h3-10,20H,11-12H2,1-2H3. The van der Waals surface area contributed by atoms with E-state index >= 15 is 0 Å². The second-order valence-corrected chi connectivity index (χ2v) is 6.37. The highest BCUT2D eigenvalue weighted by molar-refractivity contribution is 6.35. The minimum atomic E-state index is 0.0645. The van der Waals surface area contributed by atoms with Gasteiger partial charge in [-0.05, 0) is 17.7 Å². The fraction of sp³-hybridized carbons (Fsp3) is 0.294. The van der Waals surface area contributed by atoms with Gasteiger partial charge < -0.3 is 5.32 Å². The Kier molecular flexibility index (Phi) is 5.09. The molecule has 2 rings (SSSR count). The van der Waals surface area contributed by atoms with Crippen molar-refractivity contribution in [1.82, 2.24) is 5.32 Å². The van der Waals surface area contributed by atoms with Gasteiger partial charge in [0.2, 0.25) is 0 Å². The fourth-order valence-electron chi connectivity index (χ4n) is 2.19. The maximum atomic E-state index is 6.17. The lowest BCUT2D eigenvalue weighted by atomic mass is 9.84. The van der Waals surface area contributed by atoms with E-state index < -0.39 is 0 Å². The quantitative estimate of drug-likeness (QED) is 0.814. The third-order valence-corrected chi connectivity index (χ3v) is 4.19. The summed E-state index contributed by atoms with van der Waals surface area (Å²) in [5, 5.41) is 4.87. The van der Waals surface area contributed by atoms with Crippen LogP contribution >= 0.6 is 23.2 Å². The first kappa shape index (κ1) is 15.4. The van der Waals surface area contributed by atoms with Crippen LogP contribution in [0, 0.1) is 0 Å². The molecule has 0 unspecified atom stereocenters. The highest BCUT2D eigenvalue weighted by atomic mass is 35.5. The van der Waals surface area contributed by atoms with Crippen molar-refractivity contribution in [3.63, 3.8) is 0 Å². The van der Waals surface area contributed by atoms with E-state index in [4.69, 9.17) is 23.2 Å². The van der Waals surface area contributed by atoms with Crippen LogP contribution in [0.1, 0.15) is 25.0 Å². The lowest BCUT2D eigenvalue weighted by Crippen LogP contribution is -2.32. The molecule has 3 heteroatoms. The van der Waals surface area contributed by atoms with Crippen LogP contribution in [0.15, 0.2) is 48.5 Å². The normalized spacial score (nSPS) is 11.6. The summed E-state index contributed by atoms with van der Waals surface area (Å²) in [6, 6.07) is 16.1. The molecule has 1 N–H and O–H groups in total. The Balaban J connectivity index is 1.99. The Morgan fingerprint density at radius 3 is 2.10 bits per heavy atom. The van der Waals surface area contributed by atoms with Crippen molar-refractivity contribution < 1.29 is 0 Å². The van der Waals surface area contributed by atoms with Gasteiger partial charge in [0.15, 0.2) is 0 Å². The van der Waals surface area contributed by atoms with Crippen molar-refractivity contribution >= 4 is 23.2 Å². The van der Waals surface area contributed by atoms with E-state index in [9.17, 15) is 0 Å². The largest absolute Gasteiger partial charge is 0.312 e. The molecule has 20 heavy (non-hydrogen) atoms. The number of halogens is 2. The van der Waals surface area contributed by atoms with Crippen LogP contribution in [0.25, 0.3) is 0 Å². The molecule has 106 valence electrons. The predicted molar refractivity (Wildman–Crippen MR) is 87.6 cm³/mol. The molecule has 0 atom stereocenters. The molecule has 0 radical (unpaired) electrons. The van der Waals surface area contributed by atoms with Crippen LogP contribution in [0.2, 0.25) is 10.0 Å². The monoisotopic (exact) mass is 307 g/mol. The minimum absolute atomic E-state index is 0.0645. The summed E-state index contributed by atoms with van der Waals surface area (Å²) in [6.45, 7) is 5.99. The first-order chi connectivity index (χ1) is 9.50. The number of benzene rings is 2. The smallest absolute Gasteiger partial charge is 0.0465 e. The Morgan fingerprint density at radius 2 is 1.50 bits per heavy atom. The van der Waals surface area contributed by atoms with Crippen LogP contribution in [-0.2, 0) is 12.0 Å². The maximum absolute atomic E-state index is 6.17. The molecule has 0 saturated carbocycles. The highest BCUT2D eigenvalue weighted by Crippen LogP contribution is 2.25. The Morgan fingerprint density at radius 1 is 0.900 bits per heavy atom. The molecule has 0 amide bonds. The van der Waals surface area contributed by atoms with E-state index in [1.54, 1.807) is 0 Å². The molecule has 1 nitrogen and oxygen atoms in total. The predicted octanol–water partition coefficient (Wildman–Crippen LogP) is 5.06. The summed E-state index contributed by atoms with van der Waals surface area (Å²) < 4.78 is 0. The molecule has 0 aliphatic carbocycles. The van der Waals surface area contributed by atoms with Gasteiger partial charge in [-0.15, -0.1) is 0 Å². The Hall–Kier alpha value is -1.02. The van der Waals surface area contributed by atoms with Crippen LogP contribution in [-0.4, -0.2) is 6.54 Å². The molecule has 2 aromatic carbocycles. The first-order valence-corrected chi connectivity index (χ1v) is 7.45. The van der Waals surface area contributed by atoms with Gasteiger partial charge in [0.05, 0.1) is 0 Å². The summed E-state index contributed by atoms with van der Waals surface area (Å²) >= 11 is 12.3. The summed E-state index contributed by atoms with van der Waals surface area (Å²) in [5.74, 6) is 0. The fourth-order valence-corrected chi connectivity index (χ4v) is 2.72. The maximum Gasteiger partial charge on any atom is 0.0465 e. The van der Waals surface area contributed by atoms with Crippen LogP contribution < -0.4 is 5.32 Å². The molecule has 0 saturated heterocycles. The van der Waals surface area contributed by atoms with E-state index in [-0.39, 0.29) is 5.41 Å². The topological polar surface area (TPSA) is 12.0 Å². The van der Waals surface area contributed by atoms with Crippen molar-refractivity contribution in [2.24, 2.45) is 0 Å². The second kappa shape index (κ2) is 6.62. The van der Waals surface area contributed by atoms with Crippen molar-refractivity contribution in [2.75, 3.05) is 6.54 Å². The number of rotatable bonds is 5. The average molecular weight is 308 g/mol. The van der Waals surface area contributed by atoms with Crippen LogP contribution in [0.3, 0.4) is 0 Å². The zero-order chi connectivity index (χ0) is 14.6. The Bertz CT molecular complexity index is 544. The van der Waals surface area contributed by atoms with Gasteiger partial charge >= 0.3 is 0 Å². The van der Waals surface area contributed by atoms with Gasteiger partial charge in [0.25, 0.3) is 0 Å². The lowest BCUT2D eigenvalue weighted by Gasteiger charge is -2.26. The van der Waals surface area contributed by atoms with Gasteiger partial charge in [-0.3, -0.25) is 0 Å². The molecule has 2 aromatic rings. The van der Waals surface area contributed by atoms with Crippen molar-refractivity contribution in [3.8, 4) is 0 Å². The van der Waals surface area contributed by atoms with Crippen molar-refractivity contribution in [3.05, 3.63) is 69.7 Å². The zero-order valence-corrected chi connectivity index (χ0v) is 13.3. The number of hydrogen-bond donors (Lipinski definition) is 1. The van der Waals surface area contributed by atoms with E-state index in [0.717, 1.165) is 12.1 Å². The molecule has 0 bridgehead atoms. The number of nitrogens with one attached hydrogen (secondary N) is 1. The molecule has 0 aliphatic heterocycles. The SMILES string of the molecule is CC(C)(CNCc1c(Cl)cccc1Cl)c1ccccc1. The number of hydrogen-bond acceptors (Lipinski definition) is 1. The van der Waals surface area contributed by atoms with E-state index in [1.165, 1.54) is 5.56 Å². The molecular weight excluding hydrogens is 289 g/mol. The van der Waals surface area contributed by atoms with E-state index in [0.29, 0.717) is 16.6 Å². The molecule has 0 spiro atoms. The van der Waals surface area contributed by atoms with Crippen LogP contribution in [0.4, 0.5) is 0 Å². The Labute approximate surface area is 130 Å². The lowest BCUT2D eigenvalue weighted by molar-refractivity contribution is 0.469. The van der Waals surface area contributed by atoms with Crippen molar-refractivity contribution in [1.29, 1.82) is 0 Å². The second-order valence-electron chi connectivity index (χ2n) is 5.55. The summed E-state index contributed by atoms with van der Waals surface area (Å²) in [5.41, 5.74) is 2.34. The van der Waals surface area contributed by atoms with Gasteiger partial charge in [-0.1, -0.05) is 73.4 Å². The molecule has 0 aliphatic rings. The molecule has 0 aromatic heterocycles. The average Bonchev–Trinajstić information content (AvgIpc) is 2.43. The van der Waals surface area contributed by atoms with Gasteiger partial charge in [-0.25, -0.2) is 0 Å². The van der Waals surface area contributed by atoms with Gasteiger partial charge in [-0.2, -0.15) is 0 Å². The highest BCUT2D eigenvalue weighted by Gasteiger charge is 2.19. The van der Waals surface area contributed by atoms with Crippen LogP contribution in [0.5, 0.6) is 0 Å². The third kappa shape index (κ3) is 3.76. The summed E-state index contributed by atoms with van der Waals surface area (Å²) in [6.07, 6.45) is 0. The van der Waals surface area contributed by atoms with Crippen molar-refractivity contribution in [2.45, 2.75) is 25.8 Å². The van der Waals surface area contributed by atoms with E-state index in [1.807, 2.05) is 24.3 Å².